The SMILES string of the molecule is COc1cn(C(C(=O)O)C(C)(C)C)c(=O)cc1-c1cc(F)ccc1C#N. The summed E-state index contributed by atoms with van der Waals surface area (Å²) >= 11 is 0. The van der Waals surface area contributed by atoms with Crippen molar-refractivity contribution in [2.75, 3.05) is 7.11 Å². The first-order valence-electron chi connectivity index (χ1n) is 7.83. The predicted octanol–water partition coefficient (Wildman–Crippen LogP) is 3.21. The molecule has 0 aliphatic rings. The van der Waals surface area contributed by atoms with E-state index in [-0.39, 0.29) is 22.4 Å². The zero-order chi connectivity index (χ0) is 19.6. The molecule has 0 spiro atoms. The lowest BCUT2D eigenvalue weighted by Gasteiger charge is -2.29. The number of carboxylic acid groups (broad SMARTS) is 1. The molecule has 1 aromatic carbocycles. The molecule has 0 amide bonds. The highest BCUT2D eigenvalue weighted by atomic mass is 19.1. The first kappa shape index (κ1) is 19.2. The molecular formula is C19H19FN2O4. The minimum atomic E-state index is -1.15. The van der Waals surface area contributed by atoms with E-state index in [4.69, 9.17) is 4.74 Å². The summed E-state index contributed by atoms with van der Waals surface area (Å²) in [7, 11) is 1.35. The number of ether oxygens (including phenoxy) is 1. The highest BCUT2D eigenvalue weighted by molar-refractivity contribution is 5.76. The number of carboxylic acids is 1. The molecule has 2 rings (SSSR count). The second-order valence-electron chi connectivity index (χ2n) is 6.91. The topological polar surface area (TPSA) is 92.3 Å². The summed E-state index contributed by atoms with van der Waals surface area (Å²) in [6, 6.07) is 5.58. The van der Waals surface area contributed by atoms with E-state index in [1.54, 1.807) is 20.8 Å². The molecule has 1 aromatic heterocycles. The monoisotopic (exact) mass is 358 g/mol. The Morgan fingerprint density at radius 2 is 1.96 bits per heavy atom. The van der Waals surface area contributed by atoms with E-state index in [9.17, 15) is 24.3 Å². The van der Waals surface area contributed by atoms with Crippen LogP contribution in [0.1, 0.15) is 32.4 Å². The maximum atomic E-state index is 13.7. The molecule has 0 saturated carbocycles. The van der Waals surface area contributed by atoms with Gasteiger partial charge in [0.25, 0.3) is 5.56 Å². The molecule has 0 bridgehead atoms. The quantitative estimate of drug-likeness (QED) is 0.906. The summed E-state index contributed by atoms with van der Waals surface area (Å²) in [4.78, 5) is 24.3. The van der Waals surface area contributed by atoms with E-state index in [1.165, 1.54) is 19.4 Å². The zero-order valence-corrected chi connectivity index (χ0v) is 14.9. The average Bonchev–Trinajstić information content (AvgIpc) is 2.54. The molecule has 0 aliphatic carbocycles. The van der Waals surface area contributed by atoms with E-state index >= 15 is 0 Å². The molecule has 0 saturated heterocycles. The van der Waals surface area contributed by atoms with Crippen LogP contribution in [0.4, 0.5) is 4.39 Å². The number of nitrogens with zero attached hydrogens (tertiary/aromatic N) is 2. The Morgan fingerprint density at radius 3 is 2.46 bits per heavy atom. The molecule has 0 aliphatic heterocycles. The normalized spacial score (nSPS) is 12.3. The van der Waals surface area contributed by atoms with E-state index in [0.717, 1.165) is 22.8 Å². The minimum Gasteiger partial charge on any atom is -0.495 e. The van der Waals surface area contributed by atoms with Crippen molar-refractivity contribution in [2.24, 2.45) is 5.41 Å². The Hall–Kier alpha value is -3.14. The van der Waals surface area contributed by atoms with Gasteiger partial charge in [-0.15, -0.1) is 0 Å². The molecular weight excluding hydrogens is 339 g/mol. The van der Waals surface area contributed by atoms with Crippen LogP contribution in [0.25, 0.3) is 11.1 Å². The lowest BCUT2D eigenvalue weighted by molar-refractivity contribution is -0.144. The summed E-state index contributed by atoms with van der Waals surface area (Å²) in [5.74, 6) is -1.55. The lowest BCUT2D eigenvalue weighted by atomic mass is 9.86. The number of hydrogen-bond donors (Lipinski definition) is 1. The fourth-order valence-electron chi connectivity index (χ4n) is 2.85. The van der Waals surface area contributed by atoms with Crippen LogP contribution in [-0.2, 0) is 4.79 Å². The van der Waals surface area contributed by atoms with Gasteiger partial charge in [0.15, 0.2) is 0 Å². The van der Waals surface area contributed by atoms with Crippen LogP contribution < -0.4 is 10.3 Å². The molecule has 7 heteroatoms. The second kappa shape index (κ2) is 7.00. The van der Waals surface area contributed by atoms with E-state index in [2.05, 4.69) is 0 Å². The second-order valence-corrected chi connectivity index (χ2v) is 6.91. The smallest absolute Gasteiger partial charge is 0.327 e. The molecule has 1 unspecified atom stereocenters. The van der Waals surface area contributed by atoms with Crippen molar-refractivity contribution in [2.45, 2.75) is 26.8 Å². The van der Waals surface area contributed by atoms with Crippen LogP contribution in [0.3, 0.4) is 0 Å². The maximum absolute atomic E-state index is 13.7. The van der Waals surface area contributed by atoms with Gasteiger partial charge >= 0.3 is 5.97 Å². The minimum absolute atomic E-state index is 0.169. The molecule has 0 fully saturated rings. The number of pyridine rings is 1. The third kappa shape index (κ3) is 3.59. The summed E-state index contributed by atoms with van der Waals surface area (Å²) in [6.07, 6.45) is 1.29. The summed E-state index contributed by atoms with van der Waals surface area (Å²) in [5, 5.41) is 18.8. The maximum Gasteiger partial charge on any atom is 0.327 e. The van der Waals surface area contributed by atoms with Crippen molar-refractivity contribution in [3.8, 4) is 22.9 Å². The largest absolute Gasteiger partial charge is 0.495 e. The van der Waals surface area contributed by atoms with Gasteiger partial charge in [-0.25, -0.2) is 9.18 Å². The Kier molecular flexibility index (Phi) is 5.17. The number of nitriles is 1. The number of benzene rings is 1. The average molecular weight is 358 g/mol. The number of aromatic nitrogens is 1. The summed E-state index contributed by atoms with van der Waals surface area (Å²) < 4.78 is 20.0. The van der Waals surface area contributed by atoms with Gasteiger partial charge in [0.05, 0.1) is 24.9 Å². The third-order valence-corrected chi connectivity index (χ3v) is 3.99. The third-order valence-electron chi connectivity index (χ3n) is 3.99. The molecule has 1 heterocycles. The highest BCUT2D eigenvalue weighted by Crippen LogP contribution is 2.35. The molecule has 1 N–H and O–H groups in total. The van der Waals surface area contributed by atoms with Gasteiger partial charge in [0.1, 0.15) is 17.6 Å². The Labute approximate surface area is 150 Å². The van der Waals surface area contributed by atoms with Crippen LogP contribution in [0.15, 0.2) is 35.3 Å². The number of halogens is 1. The molecule has 26 heavy (non-hydrogen) atoms. The molecule has 1 atom stereocenters. The van der Waals surface area contributed by atoms with Crippen molar-refractivity contribution in [1.82, 2.24) is 4.57 Å². The predicted molar refractivity (Wildman–Crippen MR) is 93.5 cm³/mol. The summed E-state index contributed by atoms with van der Waals surface area (Å²) in [5.41, 5.74) is -0.721. The van der Waals surface area contributed by atoms with Gasteiger partial charge in [-0.1, -0.05) is 20.8 Å². The van der Waals surface area contributed by atoms with E-state index in [0.29, 0.717) is 0 Å². The van der Waals surface area contributed by atoms with Gasteiger partial charge in [0, 0.05) is 17.2 Å². The standard InChI is InChI=1S/C19H19FN2O4/c1-19(2,3)17(18(24)25)22-10-15(26-4)14(8-16(22)23)13-7-12(20)6-5-11(13)9-21/h5-8,10,17H,1-4H3,(H,24,25). The fourth-order valence-corrected chi connectivity index (χ4v) is 2.85. The van der Waals surface area contributed by atoms with Crippen LogP contribution in [-0.4, -0.2) is 22.8 Å². The molecule has 2 aromatic rings. The van der Waals surface area contributed by atoms with Gasteiger partial charge < -0.3 is 9.84 Å². The first-order valence-corrected chi connectivity index (χ1v) is 7.83. The van der Waals surface area contributed by atoms with Crippen molar-refractivity contribution in [3.63, 3.8) is 0 Å². The van der Waals surface area contributed by atoms with Crippen LogP contribution in [0.2, 0.25) is 0 Å². The zero-order valence-electron chi connectivity index (χ0n) is 14.9. The molecule has 136 valence electrons. The van der Waals surface area contributed by atoms with E-state index in [1.807, 2.05) is 6.07 Å². The first-order chi connectivity index (χ1) is 12.1. The number of methoxy groups -OCH3 is 1. The lowest BCUT2D eigenvalue weighted by Crippen LogP contribution is -2.37. The van der Waals surface area contributed by atoms with Crippen molar-refractivity contribution < 1.29 is 19.0 Å². The number of aliphatic carboxylic acids is 1. The Morgan fingerprint density at radius 1 is 1.31 bits per heavy atom. The number of carbonyl (C=O) groups is 1. The summed E-state index contributed by atoms with van der Waals surface area (Å²) in [6.45, 7) is 5.12. The highest BCUT2D eigenvalue weighted by Gasteiger charge is 2.34. The van der Waals surface area contributed by atoms with Gasteiger partial charge in [0.2, 0.25) is 0 Å². The van der Waals surface area contributed by atoms with Crippen molar-refractivity contribution >= 4 is 5.97 Å². The van der Waals surface area contributed by atoms with Crippen LogP contribution in [0.5, 0.6) is 5.75 Å². The van der Waals surface area contributed by atoms with Crippen molar-refractivity contribution in [3.05, 3.63) is 52.2 Å². The van der Waals surface area contributed by atoms with Gasteiger partial charge in [-0.2, -0.15) is 5.26 Å². The molecule has 6 nitrogen and oxygen atoms in total. The van der Waals surface area contributed by atoms with Crippen LogP contribution in [0, 0.1) is 22.6 Å². The number of rotatable bonds is 4. The Balaban J connectivity index is 2.77. The van der Waals surface area contributed by atoms with Crippen molar-refractivity contribution in [1.29, 1.82) is 5.26 Å². The fraction of sp³-hybridized carbons (Fsp3) is 0.316. The van der Waals surface area contributed by atoms with Crippen LogP contribution >= 0.6 is 0 Å². The van der Waals surface area contributed by atoms with E-state index < -0.39 is 28.8 Å². The number of hydrogen-bond acceptors (Lipinski definition) is 4. The van der Waals surface area contributed by atoms with Gasteiger partial charge in [-0.3, -0.25) is 9.36 Å². The van der Waals surface area contributed by atoms with Gasteiger partial charge in [-0.05, 0) is 23.6 Å². The molecule has 0 radical (unpaired) electrons. The Bertz CT molecular complexity index is 951.